The highest BCUT2D eigenvalue weighted by molar-refractivity contribution is 6.30. The third kappa shape index (κ3) is 6.53. The SMILES string of the molecule is CCOc1ccccc1NC(=O)N(Cc1cccn1Cc1cccc(Cl)c1)CC(C)C. The van der Waals surface area contributed by atoms with E-state index in [0.29, 0.717) is 43.6 Å². The molecular weight excluding hydrogens is 410 g/mol. The van der Waals surface area contributed by atoms with Crippen LogP contribution in [-0.4, -0.2) is 28.6 Å². The third-order valence-electron chi connectivity index (χ3n) is 4.82. The Morgan fingerprint density at radius 1 is 1.13 bits per heavy atom. The Bertz CT molecular complexity index is 1000. The zero-order valence-electron chi connectivity index (χ0n) is 18.3. The number of amides is 2. The summed E-state index contributed by atoms with van der Waals surface area (Å²) in [5.74, 6) is 1.01. The van der Waals surface area contributed by atoms with Gasteiger partial charge in [0.1, 0.15) is 5.75 Å². The number of aromatic nitrogens is 1. The summed E-state index contributed by atoms with van der Waals surface area (Å²) in [7, 11) is 0. The van der Waals surface area contributed by atoms with Crippen molar-refractivity contribution in [3.8, 4) is 5.75 Å². The molecule has 6 heteroatoms. The Morgan fingerprint density at radius 3 is 2.68 bits per heavy atom. The van der Waals surface area contributed by atoms with E-state index in [1.165, 1.54) is 0 Å². The minimum Gasteiger partial charge on any atom is -0.492 e. The quantitative estimate of drug-likeness (QED) is 0.426. The topological polar surface area (TPSA) is 46.5 Å². The Hall–Kier alpha value is -2.92. The second-order valence-electron chi connectivity index (χ2n) is 7.89. The lowest BCUT2D eigenvalue weighted by Crippen LogP contribution is -2.37. The minimum absolute atomic E-state index is 0.142. The summed E-state index contributed by atoms with van der Waals surface area (Å²) in [6.07, 6.45) is 2.03. The van der Waals surface area contributed by atoms with Gasteiger partial charge >= 0.3 is 6.03 Å². The monoisotopic (exact) mass is 439 g/mol. The van der Waals surface area contributed by atoms with Crippen molar-refractivity contribution < 1.29 is 9.53 Å². The highest BCUT2D eigenvalue weighted by Crippen LogP contribution is 2.24. The first-order valence-electron chi connectivity index (χ1n) is 10.6. The summed E-state index contributed by atoms with van der Waals surface area (Å²) in [6.45, 7) is 8.54. The van der Waals surface area contributed by atoms with E-state index in [4.69, 9.17) is 16.3 Å². The van der Waals surface area contributed by atoms with Crippen LogP contribution in [0.2, 0.25) is 5.02 Å². The molecule has 1 aromatic heterocycles. The number of urea groups is 1. The molecule has 0 aliphatic carbocycles. The molecule has 1 heterocycles. The van der Waals surface area contributed by atoms with Gasteiger partial charge in [0, 0.05) is 30.0 Å². The van der Waals surface area contributed by atoms with Gasteiger partial charge in [-0.3, -0.25) is 0 Å². The van der Waals surface area contributed by atoms with Crippen LogP contribution >= 0.6 is 11.6 Å². The van der Waals surface area contributed by atoms with E-state index in [9.17, 15) is 4.79 Å². The van der Waals surface area contributed by atoms with E-state index >= 15 is 0 Å². The Kier molecular flexibility index (Phi) is 8.01. The number of para-hydroxylation sites is 2. The van der Waals surface area contributed by atoms with Crippen molar-refractivity contribution in [1.82, 2.24) is 9.47 Å². The van der Waals surface area contributed by atoms with Crippen molar-refractivity contribution in [1.29, 1.82) is 0 Å². The number of nitrogens with zero attached hydrogens (tertiary/aromatic N) is 2. The number of hydrogen-bond acceptors (Lipinski definition) is 2. The molecule has 3 aromatic rings. The van der Waals surface area contributed by atoms with E-state index in [2.05, 4.69) is 35.9 Å². The molecule has 164 valence electrons. The predicted molar refractivity (Wildman–Crippen MR) is 127 cm³/mol. The van der Waals surface area contributed by atoms with Gasteiger partial charge in [0.05, 0.1) is 18.8 Å². The van der Waals surface area contributed by atoms with E-state index in [0.717, 1.165) is 16.3 Å². The number of hydrogen-bond donors (Lipinski definition) is 1. The standard InChI is InChI=1S/C25H30ClN3O2/c1-4-31-24-13-6-5-12-23(24)27-25(30)29(16-19(2)3)18-22-11-8-14-28(22)17-20-9-7-10-21(26)15-20/h5-15,19H,4,16-18H2,1-3H3,(H,27,30). The van der Waals surface area contributed by atoms with E-state index in [1.54, 1.807) is 0 Å². The average molecular weight is 440 g/mol. The first kappa shape index (κ1) is 22.8. The lowest BCUT2D eigenvalue weighted by molar-refractivity contribution is 0.200. The fourth-order valence-electron chi connectivity index (χ4n) is 3.48. The van der Waals surface area contributed by atoms with Crippen molar-refractivity contribution in [2.45, 2.75) is 33.9 Å². The van der Waals surface area contributed by atoms with Gasteiger partial charge in [-0.1, -0.05) is 49.7 Å². The van der Waals surface area contributed by atoms with Crippen molar-refractivity contribution in [3.05, 3.63) is 83.1 Å². The van der Waals surface area contributed by atoms with Gasteiger partial charge in [-0.15, -0.1) is 0 Å². The minimum atomic E-state index is -0.142. The van der Waals surface area contributed by atoms with Gasteiger partial charge in [-0.2, -0.15) is 0 Å². The molecule has 0 radical (unpaired) electrons. The van der Waals surface area contributed by atoms with Gasteiger partial charge < -0.3 is 19.5 Å². The van der Waals surface area contributed by atoms with Gasteiger partial charge in [0.2, 0.25) is 0 Å². The lowest BCUT2D eigenvalue weighted by Gasteiger charge is -2.26. The molecule has 2 amide bonds. The molecule has 0 atom stereocenters. The van der Waals surface area contributed by atoms with Crippen molar-refractivity contribution in [2.75, 3.05) is 18.5 Å². The lowest BCUT2D eigenvalue weighted by atomic mass is 10.2. The van der Waals surface area contributed by atoms with Crippen LogP contribution in [0.3, 0.4) is 0 Å². The summed E-state index contributed by atoms with van der Waals surface area (Å²) in [6, 6.07) is 19.3. The number of halogens is 1. The molecule has 31 heavy (non-hydrogen) atoms. The molecular formula is C25H30ClN3O2. The normalized spacial score (nSPS) is 10.9. The zero-order chi connectivity index (χ0) is 22.2. The Labute approximate surface area is 189 Å². The van der Waals surface area contributed by atoms with Crippen LogP contribution in [0.4, 0.5) is 10.5 Å². The van der Waals surface area contributed by atoms with Crippen molar-refractivity contribution >= 4 is 23.3 Å². The van der Waals surface area contributed by atoms with Crippen molar-refractivity contribution in [3.63, 3.8) is 0 Å². The van der Waals surface area contributed by atoms with Gasteiger partial charge in [-0.25, -0.2) is 4.79 Å². The zero-order valence-corrected chi connectivity index (χ0v) is 19.1. The molecule has 0 saturated carbocycles. The molecule has 3 rings (SSSR count). The Balaban J connectivity index is 1.76. The van der Waals surface area contributed by atoms with Crippen LogP contribution in [0.15, 0.2) is 66.9 Å². The summed E-state index contributed by atoms with van der Waals surface area (Å²) in [4.78, 5) is 15.0. The largest absolute Gasteiger partial charge is 0.492 e. The van der Waals surface area contributed by atoms with Crippen LogP contribution in [0.1, 0.15) is 32.0 Å². The molecule has 2 aromatic carbocycles. The molecule has 0 fully saturated rings. The second-order valence-corrected chi connectivity index (χ2v) is 8.33. The fourth-order valence-corrected chi connectivity index (χ4v) is 3.69. The number of ether oxygens (including phenoxy) is 1. The maximum Gasteiger partial charge on any atom is 0.322 e. The van der Waals surface area contributed by atoms with E-state index in [1.807, 2.05) is 66.6 Å². The summed E-state index contributed by atoms with van der Waals surface area (Å²) in [5, 5.41) is 3.75. The first-order valence-corrected chi connectivity index (χ1v) is 11.0. The predicted octanol–water partition coefficient (Wildman–Crippen LogP) is 6.28. The summed E-state index contributed by atoms with van der Waals surface area (Å²) < 4.78 is 7.80. The molecule has 0 spiro atoms. The van der Waals surface area contributed by atoms with Crippen molar-refractivity contribution in [2.24, 2.45) is 5.92 Å². The maximum absolute atomic E-state index is 13.2. The second kappa shape index (κ2) is 10.9. The number of nitrogens with one attached hydrogen (secondary N) is 1. The van der Waals surface area contributed by atoms with Gasteiger partial charge in [-0.05, 0) is 54.8 Å². The highest BCUT2D eigenvalue weighted by atomic mass is 35.5. The highest BCUT2D eigenvalue weighted by Gasteiger charge is 2.18. The summed E-state index contributed by atoms with van der Waals surface area (Å²) in [5.41, 5.74) is 2.86. The third-order valence-corrected chi connectivity index (χ3v) is 5.05. The molecule has 0 aliphatic heterocycles. The molecule has 0 bridgehead atoms. The molecule has 5 nitrogen and oxygen atoms in total. The Morgan fingerprint density at radius 2 is 1.94 bits per heavy atom. The molecule has 0 saturated heterocycles. The number of carbonyl (C=O) groups is 1. The van der Waals surface area contributed by atoms with Crippen LogP contribution in [0, 0.1) is 5.92 Å². The van der Waals surface area contributed by atoms with Crippen LogP contribution < -0.4 is 10.1 Å². The molecule has 1 N–H and O–H groups in total. The number of benzene rings is 2. The molecule has 0 unspecified atom stereocenters. The van der Waals surface area contributed by atoms with E-state index < -0.39 is 0 Å². The first-order chi connectivity index (χ1) is 15.0. The number of carbonyl (C=O) groups excluding carboxylic acids is 1. The smallest absolute Gasteiger partial charge is 0.322 e. The summed E-state index contributed by atoms with van der Waals surface area (Å²) >= 11 is 6.14. The van der Waals surface area contributed by atoms with Crippen LogP contribution in [0.25, 0.3) is 0 Å². The van der Waals surface area contributed by atoms with E-state index in [-0.39, 0.29) is 6.03 Å². The number of rotatable bonds is 9. The number of anilines is 1. The average Bonchev–Trinajstić information content (AvgIpc) is 3.15. The van der Waals surface area contributed by atoms with Gasteiger partial charge in [0.25, 0.3) is 0 Å². The molecule has 0 aliphatic rings. The van der Waals surface area contributed by atoms with Crippen LogP contribution in [0.5, 0.6) is 5.75 Å². The maximum atomic E-state index is 13.2. The van der Waals surface area contributed by atoms with Crippen LogP contribution in [-0.2, 0) is 13.1 Å². The fraction of sp³-hybridized carbons (Fsp3) is 0.320. The van der Waals surface area contributed by atoms with Gasteiger partial charge in [0.15, 0.2) is 0 Å².